The van der Waals surface area contributed by atoms with Crippen molar-refractivity contribution in [2.75, 3.05) is 53.6 Å². The van der Waals surface area contributed by atoms with E-state index in [1.54, 1.807) is 13.4 Å². The lowest BCUT2D eigenvalue weighted by atomic mass is 10.00. The van der Waals surface area contributed by atoms with Crippen LogP contribution in [0, 0.1) is 0 Å². The maximum Gasteiger partial charge on any atom is 0.248 e. The number of ether oxygens (including phenoxy) is 3. The first kappa shape index (κ1) is 18.4. The fourth-order valence-electron chi connectivity index (χ4n) is 3.66. The van der Waals surface area contributed by atoms with Crippen LogP contribution in [-0.2, 0) is 25.5 Å². The van der Waals surface area contributed by atoms with Gasteiger partial charge in [0.05, 0.1) is 38.7 Å². The van der Waals surface area contributed by atoms with Crippen molar-refractivity contribution in [3.8, 4) is 0 Å². The Labute approximate surface area is 148 Å². The summed E-state index contributed by atoms with van der Waals surface area (Å²) in [6.07, 6.45) is 3.71. The molecular weight excluding hydrogens is 324 g/mol. The summed E-state index contributed by atoms with van der Waals surface area (Å²) in [5.41, 5.74) is -0.393. The van der Waals surface area contributed by atoms with Crippen LogP contribution in [0.2, 0.25) is 0 Å². The lowest BCUT2D eigenvalue weighted by Gasteiger charge is -2.32. The van der Waals surface area contributed by atoms with Crippen LogP contribution in [-0.4, -0.2) is 81.0 Å². The molecule has 0 aromatic carbocycles. The first-order valence-corrected chi connectivity index (χ1v) is 8.83. The van der Waals surface area contributed by atoms with Crippen LogP contribution in [0.4, 0.5) is 0 Å². The van der Waals surface area contributed by atoms with Gasteiger partial charge in [-0.05, 0) is 32.0 Å². The van der Waals surface area contributed by atoms with Crippen molar-refractivity contribution >= 4 is 5.91 Å². The highest BCUT2D eigenvalue weighted by Crippen LogP contribution is 2.33. The highest BCUT2D eigenvalue weighted by atomic mass is 16.6. The quantitative estimate of drug-likeness (QED) is 0.765. The Balaban J connectivity index is 1.55. The highest BCUT2D eigenvalue weighted by Gasteiger charge is 2.44. The SMILES string of the molecule is COCC(=O)N1CCOC[C@]2(CC[C@H](CN(C)Cc3ccco3)O2)C1. The summed E-state index contributed by atoms with van der Waals surface area (Å²) in [4.78, 5) is 16.2. The molecule has 0 saturated carbocycles. The summed E-state index contributed by atoms with van der Waals surface area (Å²) >= 11 is 0. The molecule has 1 aromatic heterocycles. The summed E-state index contributed by atoms with van der Waals surface area (Å²) in [5.74, 6) is 0.943. The van der Waals surface area contributed by atoms with Gasteiger partial charge < -0.3 is 23.5 Å². The number of rotatable bonds is 6. The minimum atomic E-state index is -0.393. The Hall–Kier alpha value is -1.41. The van der Waals surface area contributed by atoms with E-state index in [4.69, 9.17) is 18.6 Å². The van der Waals surface area contributed by atoms with Gasteiger partial charge in [-0.1, -0.05) is 0 Å². The number of carbonyl (C=O) groups is 1. The maximum atomic E-state index is 12.2. The van der Waals surface area contributed by atoms with Crippen molar-refractivity contribution in [1.29, 1.82) is 0 Å². The molecule has 1 aromatic rings. The molecule has 0 unspecified atom stereocenters. The average Bonchev–Trinajstić information content (AvgIpc) is 3.15. The monoisotopic (exact) mass is 352 g/mol. The van der Waals surface area contributed by atoms with E-state index in [2.05, 4.69) is 11.9 Å². The molecule has 2 fully saturated rings. The molecule has 140 valence electrons. The molecule has 3 rings (SSSR count). The van der Waals surface area contributed by atoms with Crippen LogP contribution >= 0.6 is 0 Å². The van der Waals surface area contributed by atoms with Crippen molar-refractivity contribution in [3.05, 3.63) is 24.2 Å². The van der Waals surface area contributed by atoms with Crippen molar-refractivity contribution in [3.63, 3.8) is 0 Å². The average molecular weight is 352 g/mol. The molecule has 7 nitrogen and oxygen atoms in total. The Bertz CT molecular complexity index is 550. The van der Waals surface area contributed by atoms with E-state index in [9.17, 15) is 4.79 Å². The Morgan fingerprint density at radius 3 is 3.16 bits per heavy atom. The molecule has 0 aliphatic carbocycles. The molecule has 0 radical (unpaired) electrons. The van der Waals surface area contributed by atoms with Gasteiger partial charge in [0.25, 0.3) is 0 Å². The molecule has 3 heterocycles. The van der Waals surface area contributed by atoms with Crippen molar-refractivity contribution in [1.82, 2.24) is 9.80 Å². The Morgan fingerprint density at radius 1 is 1.52 bits per heavy atom. The molecule has 0 bridgehead atoms. The third-order valence-electron chi connectivity index (χ3n) is 4.83. The predicted octanol–water partition coefficient (Wildman–Crippen LogP) is 1.13. The second kappa shape index (κ2) is 8.31. The van der Waals surface area contributed by atoms with Crippen molar-refractivity contribution in [2.24, 2.45) is 0 Å². The van der Waals surface area contributed by atoms with Crippen LogP contribution < -0.4 is 0 Å². The molecule has 2 saturated heterocycles. The van der Waals surface area contributed by atoms with Crippen LogP contribution in [0.25, 0.3) is 0 Å². The van der Waals surface area contributed by atoms with Gasteiger partial charge in [-0.15, -0.1) is 0 Å². The molecule has 1 amide bonds. The minimum absolute atomic E-state index is 0.00522. The van der Waals surface area contributed by atoms with Gasteiger partial charge >= 0.3 is 0 Å². The van der Waals surface area contributed by atoms with Crippen LogP contribution in [0.3, 0.4) is 0 Å². The molecule has 7 heteroatoms. The van der Waals surface area contributed by atoms with E-state index in [0.29, 0.717) is 26.3 Å². The molecule has 2 aliphatic rings. The van der Waals surface area contributed by atoms with Crippen LogP contribution in [0.15, 0.2) is 22.8 Å². The molecule has 0 N–H and O–H groups in total. The summed E-state index contributed by atoms with van der Waals surface area (Å²) in [6, 6.07) is 3.88. The van der Waals surface area contributed by atoms with Crippen LogP contribution in [0.5, 0.6) is 0 Å². The molecular formula is C18H28N2O5. The molecule has 2 atom stereocenters. The fourth-order valence-corrected chi connectivity index (χ4v) is 3.66. The fraction of sp³-hybridized carbons (Fsp3) is 0.722. The predicted molar refractivity (Wildman–Crippen MR) is 91.2 cm³/mol. The van der Waals surface area contributed by atoms with E-state index >= 15 is 0 Å². The van der Waals surface area contributed by atoms with Gasteiger partial charge in [0, 0.05) is 20.2 Å². The maximum absolute atomic E-state index is 12.2. The van der Waals surface area contributed by atoms with Gasteiger partial charge in [-0.3, -0.25) is 9.69 Å². The second-order valence-electron chi connectivity index (χ2n) is 7.04. The number of carbonyl (C=O) groups excluding carboxylic acids is 1. The minimum Gasteiger partial charge on any atom is -0.468 e. The standard InChI is InChI=1S/C18H28N2O5/c1-19(10-15-4-3-8-24-15)11-16-5-6-18(25-16)13-20(7-9-23-14-18)17(21)12-22-2/h3-4,8,16H,5-7,9-14H2,1-2H3/t16-,18+/m1/s1. The largest absolute Gasteiger partial charge is 0.468 e. The highest BCUT2D eigenvalue weighted by molar-refractivity contribution is 5.77. The summed E-state index contributed by atoms with van der Waals surface area (Å²) in [7, 11) is 3.60. The van der Waals surface area contributed by atoms with Gasteiger partial charge in [0.1, 0.15) is 18.0 Å². The smallest absolute Gasteiger partial charge is 0.248 e. The Kier molecular flexibility index (Phi) is 6.11. The zero-order chi connectivity index (χ0) is 17.7. The number of amides is 1. The van der Waals surface area contributed by atoms with E-state index in [0.717, 1.165) is 31.7 Å². The third kappa shape index (κ3) is 4.82. The van der Waals surface area contributed by atoms with E-state index in [1.807, 2.05) is 17.0 Å². The van der Waals surface area contributed by atoms with Gasteiger partial charge in [-0.25, -0.2) is 0 Å². The Morgan fingerprint density at radius 2 is 2.40 bits per heavy atom. The summed E-state index contributed by atoms with van der Waals surface area (Å²) in [5, 5.41) is 0. The number of likely N-dealkylation sites (N-methyl/N-ethyl adjacent to an activating group) is 1. The second-order valence-corrected chi connectivity index (χ2v) is 7.04. The number of methoxy groups -OCH3 is 1. The summed E-state index contributed by atoms with van der Waals surface area (Å²) in [6.45, 7) is 3.95. The van der Waals surface area contributed by atoms with Crippen molar-refractivity contribution < 1.29 is 23.4 Å². The molecule has 1 spiro atoms. The van der Waals surface area contributed by atoms with E-state index in [1.165, 1.54) is 0 Å². The van der Waals surface area contributed by atoms with E-state index < -0.39 is 5.60 Å². The lowest BCUT2D eigenvalue weighted by molar-refractivity contribution is -0.140. The molecule has 25 heavy (non-hydrogen) atoms. The number of hydrogen-bond donors (Lipinski definition) is 0. The first-order chi connectivity index (χ1) is 12.1. The normalized spacial score (nSPS) is 27.2. The lowest BCUT2D eigenvalue weighted by Crippen LogP contribution is -2.48. The zero-order valence-electron chi connectivity index (χ0n) is 15.1. The van der Waals surface area contributed by atoms with E-state index in [-0.39, 0.29) is 18.6 Å². The van der Waals surface area contributed by atoms with Gasteiger partial charge in [-0.2, -0.15) is 0 Å². The number of furan rings is 1. The zero-order valence-corrected chi connectivity index (χ0v) is 15.1. The van der Waals surface area contributed by atoms with Gasteiger partial charge in [0.15, 0.2) is 0 Å². The number of hydrogen-bond acceptors (Lipinski definition) is 6. The third-order valence-corrected chi connectivity index (χ3v) is 4.83. The van der Waals surface area contributed by atoms with Crippen LogP contribution in [0.1, 0.15) is 18.6 Å². The van der Waals surface area contributed by atoms with Gasteiger partial charge in [0.2, 0.25) is 5.91 Å². The molecule has 2 aliphatic heterocycles. The van der Waals surface area contributed by atoms with Crippen molar-refractivity contribution in [2.45, 2.75) is 31.1 Å². The summed E-state index contributed by atoms with van der Waals surface area (Å²) < 4.78 is 22.5. The number of nitrogens with zero attached hydrogens (tertiary/aromatic N) is 2. The first-order valence-electron chi connectivity index (χ1n) is 8.83. The topological polar surface area (TPSA) is 64.4 Å².